The Morgan fingerprint density at radius 3 is 2.00 bits per heavy atom. The second kappa shape index (κ2) is 7.56. The van der Waals surface area contributed by atoms with Crippen molar-refractivity contribution in [3.8, 4) is 5.75 Å². The molecule has 0 fully saturated rings. The number of hydrogen-bond acceptors (Lipinski definition) is 6. The third-order valence-corrected chi connectivity index (χ3v) is 2.31. The van der Waals surface area contributed by atoms with E-state index in [-0.39, 0.29) is 12.8 Å². The van der Waals surface area contributed by atoms with Gasteiger partial charge in [0.05, 0.1) is 0 Å². The van der Waals surface area contributed by atoms with E-state index in [1.54, 1.807) is 0 Å². The highest BCUT2D eigenvalue weighted by atomic mass is 19.2. The number of carbonyl (C=O) groups is 1. The molecule has 1 aromatic rings. The summed E-state index contributed by atoms with van der Waals surface area (Å²) in [4.78, 5) is 25.4. The van der Waals surface area contributed by atoms with Crippen LogP contribution in [0.25, 0.3) is 0 Å². The van der Waals surface area contributed by atoms with Crippen molar-refractivity contribution < 1.29 is 46.1 Å². The van der Waals surface area contributed by atoms with E-state index in [0.29, 0.717) is 0 Å². The molecule has 0 heterocycles. The van der Waals surface area contributed by atoms with Crippen molar-refractivity contribution in [1.82, 2.24) is 0 Å². The molecule has 23 heavy (non-hydrogen) atoms. The molecule has 0 saturated heterocycles. The van der Waals surface area contributed by atoms with Gasteiger partial charge in [0, 0.05) is 6.42 Å². The summed E-state index contributed by atoms with van der Waals surface area (Å²) in [5.41, 5.74) is 0. The van der Waals surface area contributed by atoms with E-state index in [4.69, 9.17) is 0 Å². The molecule has 1 unspecified atom stereocenters. The third kappa shape index (κ3) is 4.40. The van der Waals surface area contributed by atoms with Gasteiger partial charge in [-0.25, -0.2) is 18.0 Å². The van der Waals surface area contributed by atoms with Crippen molar-refractivity contribution in [3.05, 3.63) is 39.2 Å². The lowest BCUT2D eigenvalue weighted by Gasteiger charge is -2.15. The van der Waals surface area contributed by atoms with Crippen LogP contribution in [-0.2, 0) is 9.57 Å². The molecule has 0 amide bonds. The van der Waals surface area contributed by atoms with Crippen LogP contribution in [0.3, 0.4) is 0 Å². The van der Waals surface area contributed by atoms with Gasteiger partial charge in [0.2, 0.25) is 34.8 Å². The highest BCUT2D eigenvalue weighted by molar-refractivity contribution is 5.64. The Balaban J connectivity index is 2.95. The average molecular weight is 345 g/mol. The number of nitrogens with zero attached hydrogens (tertiary/aromatic N) is 1. The van der Waals surface area contributed by atoms with Gasteiger partial charge in [-0.3, -0.25) is 4.84 Å². The molecule has 7 nitrogen and oxygen atoms in total. The standard InChI is InChI=1S/C11H8F5NO6/c1-2-3-4(23-17(19)20)21-11(18)22-10-8(15)6(13)5(12)7(14)9(10)16/h4H,2-3H2,1H3. The van der Waals surface area contributed by atoms with Crippen LogP contribution in [0.4, 0.5) is 26.7 Å². The van der Waals surface area contributed by atoms with Crippen LogP contribution in [0.1, 0.15) is 19.8 Å². The summed E-state index contributed by atoms with van der Waals surface area (Å²) in [6.45, 7) is 1.54. The molecule has 1 aromatic carbocycles. The van der Waals surface area contributed by atoms with Gasteiger partial charge in [-0.05, 0) is 0 Å². The maximum Gasteiger partial charge on any atom is 0.516 e. The molecule has 0 aliphatic carbocycles. The monoisotopic (exact) mass is 345 g/mol. The lowest BCUT2D eigenvalue weighted by Crippen LogP contribution is -2.26. The Hall–Kier alpha value is -2.66. The molecule has 128 valence electrons. The first-order valence-corrected chi connectivity index (χ1v) is 5.90. The number of hydrogen-bond donors (Lipinski definition) is 0. The van der Waals surface area contributed by atoms with Crippen LogP contribution in [0.15, 0.2) is 0 Å². The second-order valence-corrected chi connectivity index (χ2v) is 3.92. The average Bonchev–Trinajstić information content (AvgIpc) is 2.47. The highest BCUT2D eigenvalue weighted by Gasteiger charge is 2.30. The number of rotatable bonds is 6. The summed E-state index contributed by atoms with van der Waals surface area (Å²) >= 11 is 0. The number of benzene rings is 1. The van der Waals surface area contributed by atoms with Gasteiger partial charge in [-0.2, -0.15) is 8.78 Å². The van der Waals surface area contributed by atoms with Crippen LogP contribution in [0.2, 0.25) is 0 Å². The fraction of sp³-hybridized carbons (Fsp3) is 0.364. The van der Waals surface area contributed by atoms with E-state index >= 15 is 0 Å². The highest BCUT2D eigenvalue weighted by Crippen LogP contribution is 2.29. The molecule has 0 aromatic heterocycles. The molecule has 0 radical (unpaired) electrons. The Bertz CT molecular complexity index is 596. The summed E-state index contributed by atoms with van der Waals surface area (Å²) in [5.74, 6) is -13.8. The molecular formula is C11H8F5NO6. The van der Waals surface area contributed by atoms with Gasteiger partial charge >= 0.3 is 6.16 Å². The van der Waals surface area contributed by atoms with Crippen molar-refractivity contribution in [3.63, 3.8) is 0 Å². The van der Waals surface area contributed by atoms with Gasteiger partial charge in [-0.1, -0.05) is 13.3 Å². The molecule has 0 bridgehead atoms. The molecule has 0 spiro atoms. The van der Waals surface area contributed by atoms with Gasteiger partial charge in [0.15, 0.2) is 0 Å². The van der Waals surface area contributed by atoms with E-state index in [0.717, 1.165) is 0 Å². The maximum absolute atomic E-state index is 13.3. The van der Waals surface area contributed by atoms with Crippen molar-refractivity contribution >= 4 is 6.16 Å². The minimum Gasteiger partial charge on any atom is -0.403 e. The molecule has 0 N–H and O–H groups in total. The Kier molecular flexibility index (Phi) is 6.04. The number of halogens is 5. The molecule has 0 saturated carbocycles. The SMILES string of the molecule is CCCC(OC(=O)Oc1c(F)c(F)c(F)c(F)c1F)O[N+](=O)[O-]. The first-order chi connectivity index (χ1) is 10.7. The van der Waals surface area contributed by atoms with Crippen LogP contribution in [-0.4, -0.2) is 17.5 Å². The number of carbonyl (C=O) groups excluding carboxylic acids is 1. The molecule has 0 aliphatic heterocycles. The quantitative estimate of drug-likeness (QED) is 0.115. The smallest absolute Gasteiger partial charge is 0.403 e. The van der Waals surface area contributed by atoms with Gasteiger partial charge in [0.25, 0.3) is 11.4 Å². The van der Waals surface area contributed by atoms with Gasteiger partial charge in [-0.15, -0.1) is 10.1 Å². The zero-order valence-electron chi connectivity index (χ0n) is 11.3. The van der Waals surface area contributed by atoms with E-state index in [1.165, 1.54) is 6.92 Å². The largest absolute Gasteiger partial charge is 0.516 e. The molecule has 0 aliphatic rings. The van der Waals surface area contributed by atoms with Crippen molar-refractivity contribution in [2.75, 3.05) is 0 Å². The fourth-order valence-electron chi connectivity index (χ4n) is 1.35. The molecule has 1 rings (SSSR count). The van der Waals surface area contributed by atoms with Crippen LogP contribution in [0.5, 0.6) is 5.75 Å². The van der Waals surface area contributed by atoms with E-state index in [1.807, 2.05) is 0 Å². The topological polar surface area (TPSA) is 87.9 Å². The summed E-state index contributed by atoms with van der Waals surface area (Å²) in [7, 11) is 0. The first kappa shape index (κ1) is 18.4. The Labute approximate surface area is 124 Å². The zero-order chi connectivity index (χ0) is 17.7. The summed E-state index contributed by atoms with van der Waals surface area (Å²) < 4.78 is 73.2. The van der Waals surface area contributed by atoms with Crippen LogP contribution >= 0.6 is 0 Å². The number of ether oxygens (including phenoxy) is 2. The van der Waals surface area contributed by atoms with Crippen molar-refractivity contribution in [2.45, 2.75) is 26.1 Å². The zero-order valence-corrected chi connectivity index (χ0v) is 11.3. The molecule has 1 atom stereocenters. The van der Waals surface area contributed by atoms with E-state index in [2.05, 4.69) is 14.3 Å². The maximum atomic E-state index is 13.3. The second-order valence-electron chi connectivity index (χ2n) is 3.92. The Morgan fingerprint density at radius 2 is 1.57 bits per heavy atom. The predicted octanol–water partition coefficient (Wildman–Crippen LogP) is 3.23. The fourth-order valence-corrected chi connectivity index (χ4v) is 1.35. The normalized spacial score (nSPS) is 11.7. The van der Waals surface area contributed by atoms with E-state index in [9.17, 15) is 36.9 Å². The lowest BCUT2D eigenvalue weighted by atomic mass is 10.3. The summed E-state index contributed by atoms with van der Waals surface area (Å²) in [6, 6.07) is 0. The minimum absolute atomic E-state index is 0.187. The first-order valence-electron chi connectivity index (χ1n) is 5.90. The van der Waals surface area contributed by atoms with Crippen molar-refractivity contribution in [1.29, 1.82) is 0 Å². The minimum atomic E-state index is -2.44. The van der Waals surface area contributed by atoms with Gasteiger partial charge in [0.1, 0.15) is 0 Å². The predicted molar refractivity (Wildman–Crippen MR) is 60.1 cm³/mol. The third-order valence-electron chi connectivity index (χ3n) is 2.31. The Morgan fingerprint density at radius 1 is 1.09 bits per heavy atom. The van der Waals surface area contributed by atoms with Crippen LogP contribution < -0.4 is 4.74 Å². The van der Waals surface area contributed by atoms with Gasteiger partial charge < -0.3 is 9.47 Å². The van der Waals surface area contributed by atoms with Crippen LogP contribution in [0, 0.1) is 39.2 Å². The lowest BCUT2D eigenvalue weighted by molar-refractivity contribution is -0.779. The molecular weight excluding hydrogens is 337 g/mol. The molecule has 12 heteroatoms. The van der Waals surface area contributed by atoms with Crippen molar-refractivity contribution in [2.24, 2.45) is 0 Å². The summed E-state index contributed by atoms with van der Waals surface area (Å²) in [6.07, 6.45) is -3.67. The summed E-state index contributed by atoms with van der Waals surface area (Å²) in [5, 5.41) is 8.85. The van der Waals surface area contributed by atoms with E-state index < -0.39 is 52.4 Å².